The van der Waals surface area contributed by atoms with Gasteiger partial charge in [0.15, 0.2) is 0 Å². The topological polar surface area (TPSA) is 49.4 Å². The molecule has 1 aromatic carbocycles. The Kier molecular flexibility index (Phi) is 4.13. The second-order valence-corrected chi connectivity index (χ2v) is 6.07. The van der Waals surface area contributed by atoms with Crippen molar-refractivity contribution in [2.24, 2.45) is 5.92 Å². The predicted molar refractivity (Wildman–Crippen MR) is 77.8 cm³/mol. The van der Waals surface area contributed by atoms with Crippen LogP contribution in [-0.4, -0.2) is 23.9 Å². The Morgan fingerprint density at radius 3 is 2.55 bits per heavy atom. The van der Waals surface area contributed by atoms with Gasteiger partial charge in [-0.25, -0.2) is 4.39 Å². The van der Waals surface area contributed by atoms with Crippen molar-refractivity contribution in [2.75, 3.05) is 4.90 Å². The zero-order valence-corrected chi connectivity index (χ0v) is 13.1. The number of hydrogen-bond donors (Lipinski definition) is 1. The Balaban J connectivity index is 2.43. The van der Waals surface area contributed by atoms with Crippen molar-refractivity contribution < 1.29 is 14.0 Å². The number of hydrogen-bond acceptors (Lipinski definition) is 2. The number of amides is 2. The van der Waals surface area contributed by atoms with E-state index >= 15 is 0 Å². The van der Waals surface area contributed by atoms with Crippen LogP contribution in [0.2, 0.25) is 0 Å². The van der Waals surface area contributed by atoms with Crippen LogP contribution >= 0.6 is 15.9 Å². The SMILES string of the molecule is CC(C)C1NC(=O)C(C)N(c2ccc(F)c(Br)c2)C1=O. The summed E-state index contributed by atoms with van der Waals surface area (Å²) in [6, 6.07) is 3.12. The molecule has 0 aliphatic carbocycles. The molecule has 2 atom stereocenters. The van der Waals surface area contributed by atoms with E-state index in [2.05, 4.69) is 21.2 Å². The summed E-state index contributed by atoms with van der Waals surface area (Å²) in [5, 5.41) is 2.73. The van der Waals surface area contributed by atoms with Crippen molar-refractivity contribution in [1.82, 2.24) is 5.32 Å². The summed E-state index contributed by atoms with van der Waals surface area (Å²) in [6.07, 6.45) is 0. The number of benzene rings is 1. The summed E-state index contributed by atoms with van der Waals surface area (Å²) in [5.74, 6) is -0.796. The molecule has 1 N–H and O–H groups in total. The average molecular weight is 343 g/mol. The molecule has 108 valence electrons. The molecule has 0 radical (unpaired) electrons. The number of nitrogens with zero attached hydrogens (tertiary/aromatic N) is 1. The lowest BCUT2D eigenvalue weighted by molar-refractivity contribution is -0.134. The molecule has 0 bridgehead atoms. The lowest BCUT2D eigenvalue weighted by Crippen LogP contribution is -2.64. The Labute approximate surface area is 125 Å². The first-order valence-corrected chi connectivity index (χ1v) is 7.20. The average Bonchev–Trinajstić information content (AvgIpc) is 2.38. The lowest BCUT2D eigenvalue weighted by Gasteiger charge is -2.38. The molecule has 2 rings (SSSR count). The number of halogens is 2. The molecule has 2 amide bonds. The second-order valence-electron chi connectivity index (χ2n) is 5.21. The number of nitrogens with one attached hydrogen (secondary N) is 1. The third-order valence-electron chi connectivity index (χ3n) is 3.42. The standard InChI is InChI=1S/C14H16BrFN2O2/c1-7(2)12-14(20)18(8(3)13(19)17-12)9-4-5-11(16)10(15)6-9/h4-8,12H,1-3H3,(H,17,19). The van der Waals surface area contributed by atoms with E-state index in [0.717, 1.165) is 0 Å². The number of piperazine rings is 1. The van der Waals surface area contributed by atoms with Crippen molar-refractivity contribution in [3.63, 3.8) is 0 Å². The molecule has 20 heavy (non-hydrogen) atoms. The zero-order chi connectivity index (χ0) is 15.0. The molecular formula is C14H16BrFN2O2. The van der Waals surface area contributed by atoms with Crippen LogP contribution in [0.1, 0.15) is 20.8 Å². The van der Waals surface area contributed by atoms with Crippen molar-refractivity contribution in [3.8, 4) is 0 Å². The van der Waals surface area contributed by atoms with E-state index in [1.807, 2.05) is 13.8 Å². The Bertz CT molecular complexity index is 562. The van der Waals surface area contributed by atoms with Gasteiger partial charge in [0, 0.05) is 5.69 Å². The molecule has 1 aliphatic heterocycles. The smallest absolute Gasteiger partial charge is 0.250 e. The maximum absolute atomic E-state index is 13.3. The van der Waals surface area contributed by atoms with Gasteiger partial charge in [-0.05, 0) is 47.0 Å². The molecule has 0 aromatic heterocycles. The molecule has 0 spiro atoms. The molecule has 6 heteroatoms. The van der Waals surface area contributed by atoms with E-state index in [1.54, 1.807) is 6.92 Å². The van der Waals surface area contributed by atoms with Crippen molar-refractivity contribution in [2.45, 2.75) is 32.9 Å². The van der Waals surface area contributed by atoms with E-state index in [0.29, 0.717) is 5.69 Å². The first-order valence-electron chi connectivity index (χ1n) is 6.41. The van der Waals surface area contributed by atoms with E-state index in [9.17, 15) is 14.0 Å². The summed E-state index contributed by atoms with van der Waals surface area (Å²) in [7, 11) is 0. The number of carbonyl (C=O) groups excluding carboxylic acids is 2. The molecule has 4 nitrogen and oxygen atoms in total. The first kappa shape index (κ1) is 15.0. The Morgan fingerprint density at radius 1 is 1.35 bits per heavy atom. The highest BCUT2D eigenvalue weighted by Crippen LogP contribution is 2.27. The summed E-state index contributed by atoms with van der Waals surface area (Å²) < 4.78 is 13.6. The second kappa shape index (κ2) is 5.52. The van der Waals surface area contributed by atoms with Crippen molar-refractivity contribution in [3.05, 3.63) is 28.5 Å². The lowest BCUT2D eigenvalue weighted by atomic mass is 9.98. The van der Waals surface area contributed by atoms with Crippen LogP contribution in [0, 0.1) is 11.7 Å². The summed E-state index contributed by atoms with van der Waals surface area (Å²) in [4.78, 5) is 25.9. The van der Waals surface area contributed by atoms with Crippen LogP contribution < -0.4 is 10.2 Å². The van der Waals surface area contributed by atoms with Gasteiger partial charge in [-0.1, -0.05) is 13.8 Å². The maximum Gasteiger partial charge on any atom is 0.250 e. The molecule has 0 saturated carbocycles. The number of rotatable bonds is 2. The summed E-state index contributed by atoms with van der Waals surface area (Å²) in [6.45, 7) is 5.40. The van der Waals surface area contributed by atoms with Gasteiger partial charge >= 0.3 is 0 Å². The Morgan fingerprint density at radius 2 is 2.00 bits per heavy atom. The van der Waals surface area contributed by atoms with Crippen LogP contribution in [0.3, 0.4) is 0 Å². The fraction of sp³-hybridized carbons (Fsp3) is 0.429. The van der Waals surface area contributed by atoms with E-state index in [-0.39, 0.29) is 22.2 Å². The van der Waals surface area contributed by atoms with Crippen LogP contribution in [-0.2, 0) is 9.59 Å². The number of anilines is 1. The normalized spacial score (nSPS) is 23.2. The molecule has 1 aliphatic rings. The van der Waals surface area contributed by atoms with E-state index in [4.69, 9.17) is 0 Å². The quantitative estimate of drug-likeness (QED) is 0.897. The Hall–Kier alpha value is -1.43. The highest BCUT2D eigenvalue weighted by atomic mass is 79.9. The van der Waals surface area contributed by atoms with Crippen molar-refractivity contribution in [1.29, 1.82) is 0 Å². The molecular weight excluding hydrogens is 327 g/mol. The van der Waals surface area contributed by atoms with Gasteiger partial charge in [0.1, 0.15) is 17.9 Å². The third kappa shape index (κ3) is 2.57. The highest BCUT2D eigenvalue weighted by Gasteiger charge is 2.40. The zero-order valence-electron chi connectivity index (χ0n) is 11.5. The molecule has 1 fully saturated rings. The minimum atomic E-state index is -0.616. The largest absolute Gasteiger partial charge is 0.342 e. The first-order chi connectivity index (χ1) is 9.32. The monoisotopic (exact) mass is 342 g/mol. The van der Waals surface area contributed by atoms with Gasteiger partial charge in [-0.15, -0.1) is 0 Å². The summed E-state index contributed by atoms with van der Waals surface area (Å²) in [5.41, 5.74) is 0.510. The highest BCUT2D eigenvalue weighted by molar-refractivity contribution is 9.10. The van der Waals surface area contributed by atoms with Crippen molar-refractivity contribution >= 4 is 33.4 Å². The van der Waals surface area contributed by atoms with Gasteiger partial charge in [0.05, 0.1) is 4.47 Å². The van der Waals surface area contributed by atoms with Gasteiger partial charge < -0.3 is 5.32 Å². The minimum Gasteiger partial charge on any atom is -0.342 e. The van der Waals surface area contributed by atoms with Crippen LogP contribution in [0.15, 0.2) is 22.7 Å². The maximum atomic E-state index is 13.3. The minimum absolute atomic E-state index is 0.00895. The van der Waals surface area contributed by atoms with Crippen LogP contribution in [0.25, 0.3) is 0 Å². The van der Waals surface area contributed by atoms with E-state index in [1.165, 1.54) is 23.1 Å². The van der Waals surface area contributed by atoms with Gasteiger partial charge in [-0.2, -0.15) is 0 Å². The molecule has 1 saturated heterocycles. The molecule has 2 unspecified atom stereocenters. The van der Waals surface area contributed by atoms with Gasteiger partial charge in [-0.3, -0.25) is 14.5 Å². The third-order valence-corrected chi connectivity index (χ3v) is 4.02. The van der Waals surface area contributed by atoms with Crippen LogP contribution in [0.4, 0.5) is 10.1 Å². The van der Waals surface area contributed by atoms with Gasteiger partial charge in [0.25, 0.3) is 5.91 Å². The predicted octanol–water partition coefficient (Wildman–Crippen LogP) is 2.46. The molecule has 1 heterocycles. The van der Waals surface area contributed by atoms with E-state index < -0.39 is 17.9 Å². The van der Waals surface area contributed by atoms with Crippen LogP contribution in [0.5, 0.6) is 0 Å². The summed E-state index contributed by atoms with van der Waals surface area (Å²) >= 11 is 3.10. The van der Waals surface area contributed by atoms with Gasteiger partial charge in [0.2, 0.25) is 5.91 Å². The molecule has 1 aromatic rings. The fourth-order valence-corrected chi connectivity index (χ4v) is 2.60. The fourth-order valence-electron chi connectivity index (χ4n) is 2.23. The number of carbonyl (C=O) groups is 2.